The van der Waals surface area contributed by atoms with E-state index in [0.29, 0.717) is 0 Å². The number of carbonyl (C=O) groups excluding carboxylic acids is 5. The molecule has 1 aromatic heterocycles. The number of carbonyl (C=O) groups is 5. The molecule has 41 heavy (non-hydrogen) atoms. The predicted molar refractivity (Wildman–Crippen MR) is 153 cm³/mol. The van der Waals surface area contributed by atoms with E-state index in [1.807, 2.05) is 0 Å². The molecule has 210 valence electrons. The molecular formula is C29H21Br2ClN2O7. The van der Waals surface area contributed by atoms with E-state index in [0.717, 1.165) is 16.4 Å². The Hall–Kier alpha value is -3.28. The summed E-state index contributed by atoms with van der Waals surface area (Å²) >= 11 is 13.6. The van der Waals surface area contributed by atoms with Crippen molar-refractivity contribution < 1.29 is 33.1 Å². The number of ether oxygens (including phenoxy) is 1. The Labute approximate surface area is 256 Å². The van der Waals surface area contributed by atoms with Gasteiger partial charge < -0.3 is 9.15 Å². The fourth-order valence-electron chi connectivity index (χ4n) is 6.07. The van der Waals surface area contributed by atoms with Gasteiger partial charge in [0.2, 0.25) is 5.76 Å². The number of halogens is 3. The lowest BCUT2D eigenvalue weighted by atomic mass is 9.81. The average Bonchev–Trinajstić information content (AvgIpc) is 3.74. The molecule has 0 spiro atoms. The van der Waals surface area contributed by atoms with Crippen LogP contribution in [0.4, 0.5) is 0 Å². The van der Waals surface area contributed by atoms with Crippen LogP contribution in [0.15, 0.2) is 71.3 Å². The molecule has 3 amide bonds. The van der Waals surface area contributed by atoms with E-state index < -0.39 is 47.9 Å². The Balaban J connectivity index is 1.27. The second kappa shape index (κ2) is 10.8. The summed E-state index contributed by atoms with van der Waals surface area (Å²) in [4.78, 5) is 66.9. The molecule has 6 rings (SSSR count). The zero-order chi connectivity index (χ0) is 29.0. The molecule has 0 N–H and O–H groups in total. The van der Waals surface area contributed by atoms with Crippen molar-refractivity contribution in [2.75, 3.05) is 6.54 Å². The van der Waals surface area contributed by atoms with Crippen LogP contribution in [-0.2, 0) is 9.59 Å². The van der Waals surface area contributed by atoms with Gasteiger partial charge in [-0.3, -0.25) is 19.2 Å². The maximum Gasteiger partial charge on any atom is 0.379 e. The number of hydrogen-bond acceptors (Lipinski definition) is 7. The second-order valence-electron chi connectivity index (χ2n) is 10.1. The van der Waals surface area contributed by atoms with Crippen LogP contribution in [0.1, 0.15) is 37.7 Å². The molecule has 9 nitrogen and oxygen atoms in total. The van der Waals surface area contributed by atoms with Gasteiger partial charge in [-0.25, -0.2) is 9.80 Å². The maximum atomic E-state index is 13.8. The summed E-state index contributed by atoms with van der Waals surface area (Å²) in [6.45, 7) is -0.586. The number of furan rings is 1. The minimum absolute atomic E-state index is 0.0141. The van der Waals surface area contributed by atoms with Gasteiger partial charge in [-0.05, 0) is 66.8 Å². The predicted octanol–water partition coefficient (Wildman–Crippen LogP) is 5.17. The van der Waals surface area contributed by atoms with Crippen molar-refractivity contribution in [1.29, 1.82) is 0 Å². The van der Waals surface area contributed by atoms with Gasteiger partial charge in [0.25, 0.3) is 17.7 Å². The van der Waals surface area contributed by atoms with Crippen molar-refractivity contribution >= 4 is 72.9 Å². The number of amides is 3. The molecule has 1 aliphatic heterocycles. The SMILES string of the molecule is O=C(CN(C(=O)c1ccccc1Cl)N1C(=O)[C@@H]2[C@H]3C[C@@H]([C@H](Br)[C@H]3Br)[C@@H]2C1=O)c1ccc(OC(=O)c2ccco2)cc1. The third-order valence-electron chi connectivity index (χ3n) is 7.95. The summed E-state index contributed by atoms with van der Waals surface area (Å²) in [5, 5.41) is 1.88. The third-order valence-corrected chi connectivity index (χ3v) is 11.5. The standard InChI is InChI=1S/C29H21Br2ClN2O7/c30-24-17-12-18(25(24)31)23-22(17)27(37)34(28(23)38)33(26(36)16-4-1-2-5-19(16)32)13-20(35)14-7-9-15(10-8-14)41-29(39)21-6-3-11-40-21/h1-11,17-18,22-25H,12-13H2/t17-,18-,22-,23+,24+,25+/m1/s1. The first-order valence-corrected chi connectivity index (χ1v) is 15.0. The largest absolute Gasteiger partial charge is 0.457 e. The molecule has 2 aliphatic carbocycles. The summed E-state index contributed by atoms with van der Waals surface area (Å²) in [7, 11) is 0. The molecule has 3 aromatic rings. The summed E-state index contributed by atoms with van der Waals surface area (Å²) in [6, 6.07) is 15.0. The van der Waals surface area contributed by atoms with Gasteiger partial charge >= 0.3 is 5.97 Å². The molecule has 12 heteroatoms. The number of imide groups is 1. The molecule has 0 radical (unpaired) electrons. The van der Waals surface area contributed by atoms with Gasteiger partial charge in [0.15, 0.2) is 5.78 Å². The molecule has 2 bridgehead atoms. The number of ketones is 1. The number of rotatable bonds is 7. The van der Waals surface area contributed by atoms with E-state index in [4.69, 9.17) is 20.8 Å². The Morgan fingerprint density at radius 2 is 1.56 bits per heavy atom. The first kappa shape index (κ1) is 27.9. The molecule has 2 aromatic carbocycles. The summed E-state index contributed by atoms with van der Waals surface area (Å²) in [5.41, 5.74) is 0.236. The first-order valence-electron chi connectivity index (χ1n) is 12.8. The topological polar surface area (TPSA) is 114 Å². The first-order chi connectivity index (χ1) is 19.7. The van der Waals surface area contributed by atoms with Crippen LogP contribution in [0.2, 0.25) is 5.02 Å². The number of alkyl halides is 2. The minimum atomic E-state index is -0.743. The Bertz CT molecular complexity index is 1530. The lowest BCUT2D eigenvalue weighted by molar-refractivity contribution is -0.154. The van der Waals surface area contributed by atoms with Crippen LogP contribution in [0.25, 0.3) is 0 Å². The highest BCUT2D eigenvalue weighted by atomic mass is 79.9. The Kier molecular flexibility index (Phi) is 7.37. The van der Waals surface area contributed by atoms with E-state index in [1.165, 1.54) is 48.7 Å². The van der Waals surface area contributed by atoms with Gasteiger partial charge in [0.1, 0.15) is 12.3 Å². The summed E-state index contributed by atoms with van der Waals surface area (Å²) in [6.07, 6.45) is 2.07. The van der Waals surface area contributed by atoms with Crippen molar-refractivity contribution in [3.63, 3.8) is 0 Å². The normalized spacial score (nSPS) is 26.3. The van der Waals surface area contributed by atoms with E-state index in [9.17, 15) is 24.0 Å². The lowest BCUT2D eigenvalue weighted by Gasteiger charge is -2.31. The molecule has 6 atom stereocenters. The monoisotopic (exact) mass is 702 g/mol. The number of fused-ring (bicyclic) bond motifs is 5. The highest BCUT2D eigenvalue weighted by Gasteiger charge is 2.67. The zero-order valence-electron chi connectivity index (χ0n) is 21.1. The number of Topliss-reactive ketones (excluding diaryl/α,β-unsaturated/α-hetero) is 1. The molecular weight excluding hydrogens is 684 g/mol. The molecule has 3 fully saturated rings. The van der Waals surface area contributed by atoms with Crippen LogP contribution in [0.3, 0.4) is 0 Å². The highest BCUT2D eigenvalue weighted by molar-refractivity contribution is 9.12. The van der Waals surface area contributed by atoms with Gasteiger partial charge in [0.05, 0.1) is 28.7 Å². The number of esters is 1. The average molecular weight is 705 g/mol. The minimum Gasteiger partial charge on any atom is -0.457 e. The maximum absolute atomic E-state index is 13.8. The number of nitrogens with zero attached hydrogens (tertiary/aromatic N) is 2. The molecule has 2 heterocycles. The van der Waals surface area contributed by atoms with Crippen LogP contribution >= 0.6 is 43.5 Å². The molecule has 1 saturated heterocycles. The smallest absolute Gasteiger partial charge is 0.379 e. The van der Waals surface area contributed by atoms with Gasteiger partial charge in [-0.15, -0.1) is 0 Å². The number of benzene rings is 2. The molecule has 3 aliphatic rings. The third kappa shape index (κ3) is 4.73. The van der Waals surface area contributed by atoms with Gasteiger partial charge in [0, 0.05) is 15.2 Å². The van der Waals surface area contributed by atoms with E-state index in [1.54, 1.807) is 18.2 Å². The molecule has 0 unspecified atom stereocenters. The summed E-state index contributed by atoms with van der Waals surface area (Å²) < 4.78 is 10.3. The Morgan fingerprint density at radius 1 is 0.927 bits per heavy atom. The number of hydrogen-bond donors (Lipinski definition) is 0. The quantitative estimate of drug-likeness (QED) is 0.110. The van der Waals surface area contributed by atoms with Crippen LogP contribution in [0.5, 0.6) is 5.75 Å². The lowest BCUT2D eigenvalue weighted by Crippen LogP contribution is -2.52. The highest BCUT2D eigenvalue weighted by Crippen LogP contribution is 2.60. The second-order valence-corrected chi connectivity index (χ2v) is 12.7. The van der Waals surface area contributed by atoms with Crippen molar-refractivity contribution in [2.24, 2.45) is 23.7 Å². The van der Waals surface area contributed by atoms with E-state index >= 15 is 0 Å². The van der Waals surface area contributed by atoms with Crippen LogP contribution in [-0.4, -0.2) is 55.7 Å². The van der Waals surface area contributed by atoms with Gasteiger partial charge in [-0.1, -0.05) is 55.6 Å². The van der Waals surface area contributed by atoms with E-state index in [-0.39, 0.29) is 49.1 Å². The van der Waals surface area contributed by atoms with Crippen molar-refractivity contribution in [1.82, 2.24) is 10.0 Å². The number of hydrazine groups is 1. The summed E-state index contributed by atoms with van der Waals surface area (Å²) in [5.74, 6) is -4.07. The molecule has 2 saturated carbocycles. The van der Waals surface area contributed by atoms with Crippen molar-refractivity contribution in [3.8, 4) is 5.75 Å². The van der Waals surface area contributed by atoms with Crippen molar-refractivity contribution in [2.45, 2.75) is 16.1 Å². The van der Waals surface area contributed by atoms with Crippen molar-refractivity contribution in [3.05, 3.63) is 88.8 Å². The Morgan fingerprint density at radius 3 is 2.15 bits per heavy atom. The van der Waals surface area contributed by atoms with Gasteiger partial charge in [-0.2, -0.15) is 5.01 Å². The van der Waals surface area contributed by atoms with Crippen LogP contribution < -0.4 is 4.74 Å². The fraction of sp³-hybridized carbons (Fsp3) is 0.276. The van der Waals surface area contributed by atoms with Crippen LogP contribution in [0, 0.1) is 23.7 Å². The fourth-order valence-corrected chi connectivity index (χ4v) is 8.16. The van der Waals surface area contributed by atoms with E-state index in [2.05, 4.69) is 31.9 Å². The zero-order valence-corrected chi connectivity index (χ0v) is 25.0.